The van der Waals surface area contributed by atoms with Crippen LogP contribution in [-0.2, 0) is 0 Å². The fourth-order valence-corrected chi connectivity index (χ4v) is 2.95. The predicted molar refractivity (Wildman–Crippen MR) is 78.1 cm³/mol. The van der Waals surface area contributed by atoms with Crippen molar-refractivity contribution in [3.8, 4) is 0 Å². The summed E-state index contributed by atoms with van der Waals surface area (Å²) in [6, 6.07) is 7.94. The van der Waals surface area contributed by atoms with E-state index in [1.54, 1.807) is 6.92 Å². The minimum absolute atomic E-state index is 0.306. The van der Waals surface area contributed by atoms with Gasteiger partial charge in [0.2, 0.25) is 0 Å². The molecule has 1 aromatic carbocycles. The molecule has 3 unspecified atom stereocenters. The first-order chi connectivity index (χ1) is 9.20. The Labute approximate surface area is 115 Å². The highest BCUT2D eigenvalue weighted by atomic mass is 16.3. The molecule has 3 atom stereocenters. The standard InChI is InChI=1S/C16H25NO2/c1-12(19)13-7-4-8-16(9-13)17-10-14-5-2-3-6-15(14)11-18/h4,7-9,12,14-15,17-19H,2-3,5-6,10-11H2,1H3. The monoisotopic (exact) mass is 263 g/mol. The van der Waals surface area contributed by atoms with Gasteiger partial charge in [0.25, 0.3) is 0 Å². The summed E-state index contributed by atoms with van der Waals surface area (Å²) in [5, 5.41) is 22.5. The molecule has 19 heavy (non-hydrogen) atoms. The molecule has 0 bridgehead atoms. The van der Waals surface area contributed by atoms with Crippen molar-refractivity contribution in [2.24, 2.45) is 11.8 Å². The number of aliphatic hydroxyl groups excluding tert-OH is 2. The molecule has 0 spiro atoms. The molecule has 1 aliphatic carbocycles. The third kappa shape index (κ3) is 3.95. The second kappa shape index (κ2) is 6.92. The summed E-state index contributed by atoms with van der Waals surface area (Å²) in [5.41, 5.74) is 1.99. The van der Waals surface area contributed by atoms with E-state index in [2.05, 4.69) is 5.32 Å². The first-order valence-electron chi connectivity index (χ1n) is 7.33. The van der Waals surface area contributed by atoms with Crippen molar-refractivity contribution >= 4 is 5.69 Å². The van der Waals surface area contributed by atoms with E-state index in [0.717, 1.165) is 24.2 Å². The first-order valence-corrected chi connectivity index (χ1v) is 7.33. The molecule has 0 saturated heterocycles. The molecule has 2 rings (SSSR count). The Kier molecular flexibility index (Phi) is 5.23. The summed E-state index contributed by atoms with van der Waals surface area (Å²) in [4.78, 5) is 0. The van der Waals surface area contributed by atoms with Gasteiger partial charge >= 0.3 is 0 Å². The maximum Gasteiger partial charge on any atom is 0.0762 e. The highest BCUT2D eigenvalue weighted by molar-refractivity contribution is 5.46. The number of anilines is 1. The predicted octanol–water partition coefficient (Wildman–Crippen LogP) is 2.95. The van der Waals surface area contributed by atoms with Crippen LogP contribution in [0.4, 0.5) is 5.69 Å². The fraction of sp³-hybridized carbons (Fsp3) is 0.625. The van der Waals surface area contributed by atoms with Crippen LogP contribution in [0, 0.1) is 11.8 Å². The lowest BCUT2D eigenvalue weighted by atomic mass is 9.79. The minimum Gasteiger partial charge on any atom is -0.396 e. The number of nitrogens with one attached hydrogen (secondary N) is 1. The van der Waals surface area contributed by atoms with Gasteiger partial charge in [-0.05, 0) is 49.3 Å². The summed E-state index contributed by atoms with van der Waals surface area (Å²) >= 11 is 0. The van der Waals surface area contributed by atoms with Gasteiger partial charge in [-0.1, -0.05) is 25.0 Å². The molecule has 1 aliphatic rings. The number of aliphatic hydroxyl groups is 2. The summed E-state index contributed by atoms with van der Waals surface area (Å²) in [5.74, 6) is 1.01. The molecule has 3 nitrogen and oxygen atoms in total. The Morgan fingerprint density at radius 1 is 1.26 bits per heavy atom. The Hall–Kier alpha value is -1.06. The molecule has 3 N–H and O–H groups in total. The second-order valence-electron chi connectivity index (χ2n) is 5.67. The van der Waals surface area contributed by atoms with E-state index in [1.807, 2.05) is 24.3 Å². The number of rotatable bonds is 5. The largest absolute Gasteiger partial charge is 0.396 e. The van der Waals surface area contributed by atoms with E-state index in [-0.39, 0.29) is 0 Å². The van der Waals surface area contributed by atoms with E-state index in [4.69, 9.17) is 0 Å². The second-order valence-corrected chi connectivity index (χ2v) is 5.67. The molecule has 1 aromatic rings. The van der Waals surface area contributed by atoms with Crippen LogP contribution < -0.4 is 5.32 Å². The Bertz CT molecular complexity index is 392. The van der Waals surface area contributed by atoms with Crippen LogP contribution in [-0.4, -0.2) is 23.4 Å². The van der Waals surface area contributed by atoms with Crippen molar-refractivity contribution in [1.82, 2.24) is 0 Å². The molecule has 0 aliphatic heterocycles. The lowest BCUT2D eigenvalue weighted by Crippen LogP contribution is -2.28. The summed E-state index contributed by atoms with van der Waals surface area (Å²) < 4.78 is 0. The van der Waals surface area contributed by atoms with Gasteiger partial charge in [-0.2, -0.15) is 0 Å². The van der Waals surface area contributed by atoms with Gasteiger partial charge in [0.05, 0.1) is 6.10 Å². The minimum atomic E-state index is -0.429. The van der Waals surface area contributed by atoms with Crippen LogP contribution in [0.2, 0.25) is 0 Å². The zero-order valence-corrected chi connectivity index (χ0v) is 11.7. The normalized spacial score (nSPS) is 25.0. The van der Waals surface area contributed by atoms with Gasteiger partial charge in [0, 0.05) is 18.8 Å². The Morgan fingerprint density at radius 2 is 2.00 bits per heavy atom. The van der Waals surface area contributed by atoms with Crippen LogP contribution in [0.25, 0.3) is 0 Å². The van der Waals surface area contributed by atoms with Crippen molar-refractivity contribution in [2.45, 2.75) is 38.7 Å². The zero-order chi connectivity index (χ0) is 13.7. The van der Waals surface area contributed by atoms with Gasteiger partial charge in [0.1, 0.15) is 0 Å². The average molecular weight is 263 g/mol. The lowest BCUT2D eigenvalue weighted by Gasteiger charge is -2.30. The van der Waals surface area contributed by atoms with Crippen molar-refractivity contribution < 1.29 is 10.2 Å². The SMILES string of the molecule is CC(O)c1cccc(NCC2CCCCC2CO)c1. The third-order valence-electron chi connectivity index (χ3n) is 4.24. The maximum absolute atomic E-state index is 9.58. The van der Waals surface area contributed by atoms with Crippen LogP contribution in [0.5, 0.6) is 0 Å². The molecule has 0 heterocycles. The van der Waals surface area contributed by atoms with E-state index < -0.39 is 6.10 Å². The molecule has 0 radical (unpaired) electrons. The van der Waals surface area contributed by atoms with Gasteiger partial charge < -0.3 is 15.5 Å². The first kappa shape index (κ1) is 14.4. The highest BCUT2D eigenvalue weighted by Crippen LogP contribution is 2.30. The molecule has 3 heteroatoms. The van der Waals surface area contributed by atoms with E-state index >= 15 is 0 Å². The molecular weight excluding hydrogens is 238 g/mol. The third-order valence-corrected chi connectivity index (χ3v) is 4.24. The average Bonchev–Trinajstić information content (AvgIpc) is 2.45. The molecule has 106 valence electrons. The molecule has 0 amide bonds. The van der Waals surface area contributed by atoms with Crippen molar-refractivity contribution in [1.29, 1.82) is 0 Å². The summed E-state index contributed by atoms with van der Waals surface area (Å²) in [6.45, 7) is 3.00. The topological polar surface area (TPSA) is 52.5 Å². The van der Waals surface area contributed by atoms with Gasteiger partial charge in [-0.25, -0.2) is 0 Å². The van der Waals surface area contributed by atoms with Crippen LogP contribution >= 0.6 is 0 Å². The van der Waals surface area contributed by atoms with Crippen molar-refractivity contribution in [3.63, 3.8) is 0 Å². The van der Waals surface area contributed by atoms with Crippen molar-refractivity contribution in [2.75, 3.05) is 18.5 Å². The summed E-state index contributed by atoms with van der Waals surface area (Å²) in [7, 11) is 0. The highest BCUT2D eigenvalue weighted by Gasteiger charge is 2.24. The van der Waals surface area contributed by atoms with Gasteiger partial charge in [-0.15, -0.1) is 0 Å². The van der Waals surface area contributed by atoms with E-state index in [9.17, 15) is 10.2 Å². The molecule has 1 fully saturated rings. The lowest BCUT2D eigenvalue weighted by molar-refractivity contribution is 0.141. The fourth-order valence-electron chi connectivity index (χ4n) is 2.95. The maximum atomic E-state index is 9.58. The van der Waals surface area contributed by atoms with Crippen molar-refractivity contribution in [3.05, 3.63) is 29.8 Å². The van der Waals surface area contributed by atoms with Gasteiger partial charge in [-0.3, -0.25) is 0 Å². The zero-order valence-electron chi connectivity index (χ0n) is 11.7. The molecular formula is C16H25NO2. The molecule has 1 saturated carbocycles. The number of benzene rings is 1. The van der Waals surface area contributed by atoms with Crippen LogP contribution in [0.15, 0.2) is 24.3 Å². The smallest absolute Gasteiger partial charge is 0.0762 e. The number of hydrogen-bond acceptors (Lipinski definition) is 3. The molecule has 0 aromatic heterocycles. The summed E-state index contributed by atoms with van der Waals surface area (Å²) in [6.07, 6.45) is 4.45. The van der Waals surface area contributed by atoms with Gasteiger partial charge in [0.15, 0.2) is 0 Å². The van der Waals surface area contributed by atoms with E-state index in [1.165, 1.54) is 19.3 Å². The quantitative estimate of drug-likeness (QED) is 0.765. The van der Waals surface area contributed by atoms with Crippen LogP contribution in [0.3, 0.4) is 0 Å². The van der Waals surface area contributed by atoms with E-state index in [0.29, 0.717) is 18.4 Å². The Balaban J connectivity index is 1.92. The van der Waals surface area contributed by atoms with Crippen LogP contribution in [0.1, 0.15) is 44.3 Å². The number of hydrogen-bond donors (Lipinski definition) is 3. The Morgan fingerprint density at radius 3 is 2.68 bits per heavy atom.